The van der Waals surface area contributed by atoms with Crippen LogP contribution in [0.15, 0.2) is 30.3 Å². The minimum atomic E-state index is 0.118. The molecule has 0 spiro atoms. The van der Waals surface area contributed by atoms with Gasteiger partial charge in [-0.25, -0.2) is 4.79 Å². The fraction of sp³-hybridized carbons (Fsp3) is 0.562. The number of urea groups is 1. The molecule has 1 aromatic rings. The molecule has 2 amide bonds. The van der Waals surface area contributed by atoms with Crippen molar-refractivity contribution in [2.75, 3.05) is 13.6 Å². The highest BCUT2D eigenvalue weighted by atomic mass is 16.2. The molecule has 0 aliphatic heterocycles. The van der Waals surface area contributed by atoms with Gasteiger partial charge in [-0.2, -0.15) is 0 Å². The van der Waals surface area contributed by atoms with E-state index in [4.69, 9.17) is 0 Å². The Morgan fingerprint density at radius 2 is 1.84 bits per heavy atom. The molecule has 0 unspecified atom stereocenters. The Bertz CT molecular complexity index is 376. The normalized spacial score (nSPS) is 10.6. The van der Waals surface area contributed by atoms with Crippen LogP contribution in [0.4, 0.5) is 4.79 Å². The Labute approximate surface area is 117 Å². The van der Waals surface area contributed by atoms with Crippen molar-refractivity contribution in [3.8, 4) is 0 Å². The van der Waals surface area contributed by atoms with Crippen molar-refractivity contribution in [1.29, 1.82) is 0 Å². The monoisotopic (exact) mass is 262 g/mol. The van der Waals surface area contributed by atoms with Crippen LogP contribution in [0.3, 0.4) is 0 Å². The molecule has 0 saturated heterocycles. The molecule has 0 radical (unpaired) electrons. The molecular formula is C16H26N2O. The Morgan fingerprint density at radius 1 is 1.21 bits per heavy atom. The maximum Gasteiger partial charge on any atom is 0.320 e. The number of unbranched alkanes of at least 4 members (excludes halogenated alkanes) is 1. The number of carbonyl (C=O) groups is 1. The van der Waals surface area contributed by atoms with E-state index in [2.05, 4.69) is 32.9 Å². The molecule has 0 bridgehead atoms. The number of carbonyl (C=O) groups excluding carboxylic acids is 1. The number of amides is 2. The van der Waals surface area contributed by atoms with Crippen LogP contribution in [0.25, 0.3) is 0 Å². The summed E-state index contributed by atoms with van der Waals surface area (Å²) in [6, 6.07) is 10.5. The second kappa shape index (κ2) is 7.82. The number of hydrogen-bond donors (Lipinski definition) is 0. The zero-order valence-electron chi connectivity index (χ0n) is 12.6. The molecule has 0 aromatic heterocycles. The summed E-state index contributed by atoms with van der Waals surface area (Å²) in [5.74, 6) is 0. The van der Waals surface area contributed by atoms with E-state index in [9.17, 15) is 4.79 Å². The SMILES string of the molecule is CCCCN(C)C(=O)N(Cc1ccccc1)C(C)C. The summed E-state index contributed by atoms with van der Waals surface area (Å²) < 4.78 is 0. The fourth-order valence-corrected chi connectivity index (χ4v) is 1.96. The largest absolute Gasteiger partial charge is 0.328 e. The quantitative estimate of drug-likeness (QED) is 0.766. The predicted molar refractivity (Wildman–Crippen MR) is 80.1 cm³/mol. The van der Waals surface area contributed by atoms with Crippen LogP contribution in [-0.4, -0.2) is 35.5 Å². The minimum absolute atomic E-state index is 0.118. The molecule has 3 heteroatoms. The molecule has 0 N–H and O–H groups in total. The van der Waals surface area contributed by atoms with Gasteiger partial charge in [0.25, 0.3) is 0 Å². The molecule has 0 saturated carbocycles. The highest BCUT2D eigenvalue weighted by molar-refractivity contribution is 5.74. The Morgan fingerprint density at radius 3 is 2.37 bits per heavy atom. The maximum absolute atomic E-state index is 12.4. The smallest absolute Gasteiger partial charge is 0.320 e. The maximum atomic E-state index is 12.4. The Kier molecular flexibility index (Phi) is 6.40. The van der Waals surface area contributed by atoms with Crippen molar-refractivity contribution >= 4 is 6.03 Å². The third-order valence-corrected chi connectivity index (χ3v) is 3.24. The van der Waals surface area contributed by atoms with Gasteiger partial charge < -0.3 is 9.80 Å². The van der Waals surface area contributed by atoms with Crippen LogP contribution in [0.5, 0.6) is 0 Å². The van der Waals surface area contributed by atoms with Gasteiger partial charge >= 0.3 is 6.03 Å². The van der Waals surface area contributed by atoms with Crippen LogP contribution in [0.2, 0.25) is 0 Å². The number of benzene rings is 1. The summed E-state index contributed by atoms with van der Waals surface area (Å²) in [5.41, 5.74) is 1.17. The molecule has 1 rings (SSSR count). The highest BCUT2D eigenvalue weighted by Crippen LogP contribution is 2.11. The lowest BCUT2D eigenvalue weighted by atomic mass is 10.2. The standard InChI is InChI=1S/C16H26N2O/c1-5-6-12-17(4)16(19)18(14(2)3)13-15-10-8-7-9-11-15/h7-11,14H,5-6,12-13H2,1-4H3. The third kappa shape index (κ3) is 4.93. The van der Waals surface area contributed by atoms with Gasteiger partial charge in [0.2, 0.25) is 0 Å². The zero-order valence-corrected chi connectivity index (χ0v) is 12.6. The van der Waals surface area contributed by atoms with E-state index < -0.39 is 0 Å². The van der Waals surface area contributed by atoms with E-state index in [1.54, 1.807) is 0 Å². The predicted octanol–water partition coefficient (Wildman–Crippen LogP) is 3.75. The second-order valence-corrected chi connectivity index (χ2v) is 5.26. The summed E-state index contributed by atoms with van der Waals surface area (Å²) in [5, 5.41) is 0. The molecule has 106 valence electrons. The summed E-state index contributed by atoms with van der Waals surface area (Å²) in [6.07, 6.45) is 2.16. The summed E-state index contributed by atoms with van der Waals surface area (Å²) in [7, 11) is 1.89. The van der Waals surface area contributed by atoms with Gasteiger partial charge in [-0.3, -0.25) is 0 Å². The van der Waals surface area contributed by atoms with Gasteiger partial charge in [-0.15, -0.1) is 0 Å². The molecule has 3 nitrogen and oxygen atoms in total. The summed E-state index contributed by atoms with van der Waals surface area (Å²) in [4.78, 5) is 16.2. The highest BCUT2D eigenvalue weighted by Gasteiger charge is 2.20. The molecule has 1 aromatic carbocycles. The van der Waals surface area contributed by atoms with Crippen molar-refractivity contribution in [2.24, 2.45) is 0 Å². The van der Waals surface area contributed by atoms with Crippen LogP contribution in [0, 0.1) is 0 Å². The van der Waals surface area contributed by atoms with E-state index in [0.717, 1.165) is 19.4 Å². The molecule has 0 aliphatic rings. The lowest BCUT2D eigenvalue weighted by Crippen LogP contribution is -2.44. The van der Waals surface area contributed by atoms with E-state index in [1.807, 2.05) is 35.0 Å². The minimum Gasteiger partial charge on any atom is -0.328 e. The van der Waals surface area contributed by atoms with Gasteiger partial charge in [0.1, 0.15) is 0 Å². The summed E-state index contributed by atoms with van der Waals surface area (Å²) in [6.45, 7) is 7.77. The van der Waals surface area contributed by atoms with E-state index in [-0.39, 0.29) is 12.1 Å². The molecule has 0 fully saturated rings. The topological polar surface area (TPSA) is 23.6 Å². The van der Waals surface area contributed by atoms with E-state index >= 15 is 0 Å². The van der Waals surface area contributed by atoms with E-state index in [1.165, 1.54) is 5.56 Å². The summed E-state index contributed by atoms with van der Waals surface area (Å²) >= 11 is 0. The van der Waals surface area contributed by atoms with Crippen molar-refractivity contribution in [3.05, 3.63) is 35.9 Å². The van der Waals surface area contributed by atoms with Crippen LogP contribution in [0.1, 0.15) is 39.2 Å². The van der Waals surface area contributed by atoms with Crippen molar-refractivity contribution in [2.45, 2.75) is 46.2 Å². The third-order valence-electron chi connectivity index (χ3n) is 3.24. The van der Waals surface area contributed by atoms with E-state index in [0.29, 0.717) is 6.54 Å². The first-order chi connectivity index (χ1) is 9.06. The van der Waals surface area contributed by atoms with Crippen molar-refractivity contribution < 1.29 is 4.79 Å². The average Bonchev–Trinajstić information content (AvgIpc) is 2.42. The van der Waals surface area contributed by atoms with Gasteiger partial charge in [0, 0.05) is 26.2 Å². The second-order valence-electron chi connectivity index (χ2n) is 5.26. The van der Waals surface area contributed by atoms with Crippen LogP contribution in [-0.2, 0) is 6.54 Å². The van der Waals surface area contributed by atoms with Crippen LogP contribution < -0.4 is 0 Å². The van der Waals surface area contributed by atoms with Crippen molar-refractivity contribution in [3.63, 3.8) is 0 Å². The fourth-order valence-electron chi connectivity index (χ4n) is 1.96. The Hall–Kier alpha value is -1.51. The van der Waals surface area contributed by atoms with Crippen LogP contribution >= 0.6 is 0 Å². The first-order valence-electron chi connectivity index (χ1n) is 7.12. The number of rotatable bonds is 6. The van der Waals surface area contributed by atoms with Gasteiger partial charge in [0.15, 0.2) is 0 Å². The zero-order chi connectivity index (χ0) is 14.3. The first kappa shape index (κ1) is 15.5. The molecule has 0 heterocycles. The lowest BCUT2D eigenvalue weighted by molar-refractivity contribution is 0.145. The Balaban J connectivity index is 2.69. The van der Waals surface area contributed by atoms with Gasteiger partial charge in [0.05, 0.1) is 0 Å². The molecular weight excluding hydrogens is 236 g/mol. The number of nitrogens with zero attached hydrogens (tertiary/aromatic N) is 2. The van der Waals surface area contributed by atoms with Crippen molar-refractivity contribution in [1.82, 2.24) is 9.80 Å². The lowest BCUT2D eigenvalue weighted by Gasteiger charge is -2.31. The number of hydrogen-bond acceptors (Lipinski definition) is 1. The molecule has 0 atom stereocenters. The molecule has 0 aliphatic carbocycles. The molecule has 19 heavy (non-hydrogen) atoms. The van der Waals surface area contributed by atoms with Gasteiger partial charge in [-0.1, -0.05) is 43.7 Å². The average molecular weight is 262 g/mol. The van der Waals surface area contributed by atoms with Gasteiger partial charge in [-0.05, 0) is 25.8 Å². The first-order valence-corrected chi connectivity index (χ1v) is 7.12.